The average molecular weight is 331 g/mol. The lowest BCUT2D eigenvalue weighted by Crippen LogP contribution is -2.25. The lowest BCUT2D eigenvalue weighted by molar-refractivity contribution is -0.119. The Morgan fingerprint density at radius 3 is 3.12 bits per heavy atom. The van der Waals surface area contributed by atoms with E-state index in [1.54, 1.807) is 6.20 Å². The van der Waals surface area contributed by atoms with E-state index in [2.05, 4.69) is 25.5 Å². The van der Waals surface area contributed by atoms with Crippen molar-refractivity contribution in [3.8, 4) is 5.75 Å². The zero-order valence-electron chi connectivity index (χ0n) is 13.9. The molecule has 8 nitrogen and oxygen atoms in total. The number of likely N-dealkylation sites (tertiary alicyclic amines) is 1. The largest absolute Gasteiger partial charge is 0.489 e. The van der Waals surface area contributed by atoms with E-state index in [1.807, 2.05) is 19.1 Å². The summed E-state index contributed by atoms with van der Waals surface area (Å²) < 4.78 is 10.8. The van der Waals surface area contributed by atoms with Gasteiger partial charge in [0.2, 0.25) is 5.91 Å². The van der Waals surface area contributed by atoms with Crippen LogP contribution in [0.4, 0.5) is 0 Å². The van der Waals surface area contributed by atoms with Crippen LogP contribution in [0.2, 0.25) is 0 Å². The summed E-state index contributed by atoms with van der Waals surface area (Å²) in [5.74, 6) is 0.698. The number of nitrogens with zero attached hydrogens (tertiary/aromatic N) is 4. The molecule has 0 spiro atoms. The molecule has 1 saturated heterocycles. The second-order valence-corrected chi connectivity index (χ2v) is 5.95. The van der Waals surface area contributed by atoms with Crippen molar-refractivity contribution in [3.05, 3.63) is 35.4 Å². The maximum Gasteiger partial charge on any atom is 0.217 e. The van der Waals surface area contributed by atoms with Gasteiger partial charge in [0.25, 0.3) is 0 Å². The molecule has 2 aromatic rings. The summed E-state index contributed by atoms with van der Waals surface area (Å²) in [5, 5.41) is 10.5. The summed E-state index contributed by atoms with van der Waals surface area (Å²) in [6.07, 6.45) is 2.78. The molecule has 0 aliphatic carbocycles. The standard InChI is InChI=1S/C16H21N5O3/c1-11-16(20-24-19-11)10-21-6-4-15(9-21)23-14-3-5-17-13(7-14)8-18-12(2)22/h3,5,7,15H,4,6,8-10H2,1-2H3,(H,18,22). The molecule has 2 aromatic heterocycles. The third kappa shape index (κ3) is 4.29. The molecule has 128 valence electrons. The lowest BCUT2D eigenvalue weighted by atomic mass is 10.3. The van der Waals surface area contributed by atoms with Gasteiger partial charge in [-0.05, 0) is 19.4 Å². The Morgan fingerprint density at radius 1 is 1.50 bits per heavy atom. The Kier molecular flexibility index (Phi) is 5.05. The zero-order chi connectivity index (χ0) is 16.9. The summed E-state index contributed by atoms with van der Waals surface area (Å²) in [7, 11) is 0. The van der Waals surface area contributed by atoms with Crippen LogP contribution in [0, 0.1) is 6.92 Å². The number of carbonyl (C=O) groups is 1. The highest BCUT2D eigenvalue weighted by Crippen LogP contribution is 2.20. The van der Waals surface area contributed by atoms with Gasteiger partial charge in [-0.15, -0.1) is 0 Å². The molecule has 1 amide bonds. The van der Waals surface area contributed by atoms with Gasteiger partial charge in [-0.3, -0.25) is 14.7 Å². The van der Waals surface area contributed by atoms with E-state index >= 15 is 0 Å². The minimum absolute atomic E-state index is 0.0767. The molecule has 0 radical (unpaired) electrons. The smallest absolute Gasteiger partial charge is 0.217 e. The maximum absolute atomic E-state index is 11.0. The number of ether oxygens (including phenoxy) is 1. The molecule has 8 heteroatoms. The minimum atomic E-state index is -0.0767. The van der Waals surface area contributed by atoms with Gasteiger partial charge in [0.1, 0.15) is 23.2 Å². The van der Waals surface area contributed by atoms with Crippen LogP contribution in [0.5, 0.6) is 5.75 Å². The van der Waals surface area contributed by atoms with E-state index in [0.717, 1.165) is 48.9 Å². The quantitative estimate of drug-likeness (QED) is 0.846. The van der Waals surface area contributed by atoms with E-state index in [-0.39, 0.29) is 12.0 Å². The number of hydrogen-bond acceptors (Lipinski definition) is 7. The van der Waals surface area contributed by atoms with E-state index in [0.29, 0.717) is 6.54 Å². The van der Waals surface area contributed by atoms with Crippen LogP contribution in [0.1, 0.15) is 30.4 Å². The van der Waals surface area contributed by atoms with E-state index in [9.17, 15) is 4.79 Å². The van der Waals surface area contributed by atoms with Crippen LogP contribution in [-0.2, 0) is 17.9 Å². The number of nitrogens with one attached hydrogen (secondary N) is 1. The van der Waals surface area contributed by atoms with Crippen LogP contribution >= 0.6 is 0 Å². The van der Waals surface area contributed by atoms with Gasteiger partial charge < -0.3 is 10.1 Å². The molecule has 1 unspecified atom stereocenters. The van der Waals surface area contributed by atoms with Crippen LogP contribution in [-0.4, -0.2) is 45.3 Å². The van der Waals surface area contributed by atoms with Crippen molar-refractivity contribution in [3.63, 3.8) is 0 Å². The van der Waals surface area contributed by atoms with E-state index in [4.69, 9.17) is 9.37 Å². The van der Waals surface area contributed by atoms with Crippen LogP contribution in [0.15, 0.2) is 23.0 Å². The van der Waals surface area contributed by atoms with Crippen molar-refractivity contribution in [1.29, 1.82) is 0 Å². The van der Waals surface area contributed by atoms with E-state index < -0.39 is 0 Å². The number of pyridine rings is 1. The molecular weight excluding hydrogens is 310 g/mol. The first-order chi connectivity index (χ1) is 11.6. The second-order valence-electron chi connectivity index (χ2n) is 5.95. The first-order valence-electron chi connectivity index (χ1n) is 7.96. The van der Waals surface area contributed by atoms with E-state index in [1.165, 1.54) is 6.92 Å². The molecule has 1 fully saturated rings. The van der Waals surface area contributed by atoms with Crippen molar-refractivity contribution >= 4 is 5.91 Å². The van der Waals surface area contributed by atoms with Crippen LogP contribution < -0.4 is 10.1 Å². The summed E-state index contributed by atoms with van der Waals surface area (Å²) in [5.41, 5.74) is 2.48. The SMILES string of the molecule is CC(=O)NCc1cc(OC2CCN(Cc3nonc3C)C2)ccn1. The summed E-state index contributed by atoms with van der Waals surface area (Å²) >= 11 is 0. The Hall–Kier alpha value is -2.48. The first-order valence-corrected chi connectivity index (χ1v) is 7.96. The molecule has 0 saturated carbocycles. The van der Waals surface area contributed by atoms with Crippen molar-refractivity contribution in [2.24, 2.45) is 0 Å². The highest BCUT2D eigenvalue weighted by Gasteiger charge is 2.25. The summed E-state index contributed by atoms with van der Waals surface area (Å²) in [6, 6.07) is 3.70. The normalized spacial score (nSPS) is 17.8. The van der Waals surface area contributed by atoms with Gasteiger partial charge in [-0.2, -0.15) is 0 Å². The fourth-order valence-electron chi connectivity index (χ4n) is 2.68. The number of aromatic nitrogens is 3. The van der Waals surface area contributed by atoms with Gasteiger partial charge in [0.05, 0.1) is 12.2 Å². The predicted octanol–water partition coefficient (Wildman–Crippen LogP) is 1.06. The Morgan fingerprint density at radius 2 is 2.38 bits per heavy atom. The minimum Gasteiger partial charge on any atom is -0.489 e. The fraction of sp³-hybridized carbons (Fsp3) is 0.500. The van der Waals surface area contributed by atoms with Gasteiger partial charge in [-0.25, -0.2) is 4.63 Å². The predicted molar refractivity (Wildman–Crippen MR) is 85.1 cm³/mol. The molecular formula is C16H21N5O3. The number of rotatable bonds is 6. The first kappa shape index (κ1) is 16.4. The molecule has 0 bridgehead atoms. The number of amides is 1. The van der Waals surface area contributed by atoms with Crippen molar-refractivity contribution < 1.29 is 14.2 Å². The van der Waals surface area contributed by atoms with Crippen molar-refractivity contribution in [2.45, 2.75) is 39.5 Å². The van der Waals surface area contributed by atoms with Crippen molar-refractivity contribution in [2.75, 3.05) is 13.1 Å². The average Bonchev–Trinajstić information content (AvgIpc) is 3.16. The monoisotopic (exact) mass is 331 g/mol. The highest BCUT2D eigenvalue weighted by atomic mass is 16.6. The van der Waals surface area contributed by atoms with Gasteiger partial charge in [-0.1, -0.05) is 10.3 Å². The lowest BCUT2D eigenvalue weighted by Gasteiger charge is -2.16. The molecule has 1 atom stereocenters. The number of carbonyl (C=O) groups excluding carboxylic acids is 1. The van der Waals surface area contributed by atoms with Crippen LogP contribution in [0.3, 0.4) is 0 Å². The molecule has 3 heterocycles. The Balaban J connectivity index is 1.52. The Labute approximate surface area is 140 Å². The summed E-state index contributed by atoms with van der Waals surface area (Å²) in [6.45, 7) is 6.28. The third-order valence-corrected chi connectivity index (χ3v) is 3.96. The van der Waals surface area contributed by atoms with Gasteiger partial charge in [0, 0.05) is 38.8 Å². The van der Waals surface area contributed by atoms with Crippen LogP contribution in [0.25, 0.3) is 0 Å². The molecule has 0 aromatic carbocycles. The molecule has 1 N–H and O–H groups in total. The topological polar surface area (TPSA) is 93.4 Å². The maximum atomic E-state index is 11.0. The number of aryl methyl sites for hydroxylation is 1. The molecule has 24 heavy (non-hydrogen) atoms. The summed E-state index contributed by atoms with van der Waals surface area (Å²) in [4.78, 5) is 17.5. The van der Waals surface area contributed by atoms with Gasteiger partial charge in [0.15, 0.2) is 0 Å². The molecule has 1 aliphatic heterocycles. The number of hydrogen-bond donors (Lipinski definition) is 1. The Bertz CT molecular complexity index is 703. The highest BCUT2D eigenvalue weighted by molar-refractivity contribution is 5.72. The molecule has 3 rings (SSSR count). The molecule has 1 aliphatic rings. The fourth-order valence-corrected chi connectivity index (χ4v) is 2.68. The van der Waals surface area contributed by atoms with Gasteiger partial charge >= 0.3 is 0 Å². The van der Waals surface area contributed by atoms with Crippen molar-refractivity contribution in [1.82, 2.24) is 25.5 Å². The zero-order valence-corrected chi connectivity index (χ0v) is 13.9. The second kappa shape index (κ2) is 7.39. The third-order valence-electron chi connectivity index (χ3n) is 3.96.